The number of amides is 1. The number of carbonyl (C=O) groups is 1. The van der Waals surface area contributed by atoms with Crippen LogP contribution in [-0.2, 0) is 6.54 Å². The molecule has 1 fully saturated rings. The van der Waals surface area contributed by atoms with Gasteiger partial charge in [-0.2, -0.15) is 4.98 Å². The summed E-state index contributed by atoms with van der Waals surface area (Å²) in [4.78, 5) is 16.9. The van der Waals surface area contributed by atoms with Crippen LogP contribution in [-0.4, -0.2) is 36.3 Å². The zero-order valence-corrected chi connectivity index (χ0v) is 15.6. The molecule has 1 aromatic heterocycles. The Bertz CT molecular complexity index is 756. The van der Waals surface area contributed by atoms with Gasteiger partial charge >= 0.3 is 0 Å². The van der Waals surface area contributed by atoms with Crippen LogP contribution in [0.5, 0.6) is 11.5 Å². The number of nitrogens with zero attached hydrogens (tertiary/aromatic N) is 2. The Morgan fingerprint density at radius 3 is 2.85 bits per heavy atom. The molecule has 1 amide bonds. The van der Waals surface area contributed by atoms with Gasteiger partial charge in [-0.3, -0.25) is 4.79 Å². The molecule has 8 heteroatoms. The van der Waals surface area contributed by atoms with E-state index in [4.69, 9.17) is 19.7 Å². The normalized spacial score (nSPS) is 14.7. The van der Waals surface area contributed by atoms with E-state index in [0.717, 1.165) is 18.7 Å². The molecule has 3 rings (SSSR count). The van der Waals surface area contributed by atoms with Gasteiger partial charge in [-0.05, 0) is 31.0 Å². The summed E-state index contributed by atoms with van der Waals surface area (Å²) in [7, 11) is 1.55. The standard InChI is InChI=1S/C19H26N4O4/c1-25-15-8-7-14(11-16(15)26-10-9-20)19(24)21-12-17-22-18(23-27-17)13-5-3-2-4-6-13/h7-8,11,13H,2-6,9-10,12,20H2,1H3,(H,21,24). The van der Waals surface area contributed by atoms with Gasteiger partial charge in [0, 0.05) is 18.0 Å². The Morgan fingerprint density at radius 2 is 2.11 bits per heavy atom. The maximum absolute atomic E-state index is 12.4. The topological polar surface area (TPSA) is 112 Å². The number of benzene rings is 1. The van der Waals surface area contributed by atoms with E-state index >= 15 is 0 Å². The lowest BCUT2D eigenvalue weighted by Crippen LogP contribution is -2.23. The second-order valence-electron chi connectivity index (χ2n) is 6.57. The molecule has 0 spiro atoms. The molecule has 1 aliphatic rings. The van der Waals surface area contributed by atoms with Crippen LogP contribution in [0.25, 0.3) is 0 Å². The molecule has 0 atom stereocenters. The highest BCUT2D eigenvalue weighted by molar-refractivity contribution is 5.94. The molecule has 8 nitrogen and oxygen atoms in total. The number of rotatable bonds is 8. The lowest BCUT2D eigenvalue weighted by Gasteiger charge is -2.17. The van der Waals surface area contributed by atoms with Crippen molar-refractivity contribution < 1.29 is 18.8 Å². The number of hydrogen-bond donors (Lipinski definition) is 2. The van der Waals surface area contributed by atoms with Crippen LogP contribution in [0.1, 0.15) is 60.1 Å². The maximum Gasteiger partial charge on any atom is 0.251 e. The monoisotopic (exact) mass is 374 g/mol. The first-order valence-corrected chi connectivity index (χ1v) is 9.33. The number of carbonyl (C=O) groups excluding carboxylic acids is 1. The maximum atomic E-state index is 12.4. The van der Waals surface area contributed by atoms with Crippen molar-refractivity contribution >= 4 is 5.91 Å². The summed E-state index contributed by atoms with van der Waals surface area (Å²) in [6.07, 6.45) is 5.89. The lowest BCUT2D eigenvalue weighted by molar-refractivity contribution is 0.0945. The summed E-state index contributed by atoms with van der Waals surface area (Å²) in [5, 5.41) is 6.87. The smallest absolute Gasteiger partial charge is 0.251 e. The molecule has 0 bridgehead atoms. The zero-order valence-electron chi connectivity index (χ0n) is 15.6. The van der Waals surface area contributed by atoms with Crippen molar-refractivity contribution in [2.45, 2.75) is 44.6 Å². The average molecular weight is 374 g/mol. The number of methoxy groups -OCH3 is 1. The van der Waals surface area contributed by atoms with Crippen molar-refractivity contribution in [3.05, 3.63) is 35.5 Å². The Kier molecular flexibility index (Phi) is 6.64. The van der Waals surface area contributed by atoms with Crippen LogP contribution in [0.3, 0.4) is 0 Å². The fourth-order valence-electron chi connectivity index (χ4n) is 3.22. The Labute approximate surface area is 158 Å². The van der Waals surface area contributed by atoms with Gasteiger partial charge in [-0.25, -0.2) is 0 Å². The molecular weight excluding hydrogens is 348 g/mol. The molecule has 3 N–H and O–H groups in total. The highest BCUT2D eigenvalue weighted by atomic mass is 16.5. The highest BCUT2D eigenvalue weighted by Crippen LogP contribution is 2.31. The van der Waals surface area contributed by atoms with E-state index in [9.17, 15) is 4.79 Å². The van der Waals surface area contributed by atoms with Gasteiger partial charge in [-0.1, -0.05) is 24.4 Å². The average Bonchev–Trinajstić information content (AvgIpc) is 3.20. The van der Waals surface area contributed by atoms with Gasteiger partial charge < -0.3 is 25.0 Å². The fraction of sp³-hybridized carbons (Fsp3) is 0.526. The second-order valence-corrected chi connectivity index (χ2v) is 6.57. The Morgan fingerprint density at radius 1 is 1.30 bits per heavy atom. The second kappa shape index (κ2) is 9.36. The Hall–Kier alpha value is -2.61. The predicted octanol–water partition coefficient (Wildman–Crippen LogP) is 2.39. The van der Waals surface area contributed by atoms with Crippen molar-refractivity contribution in [2.24, 2.45) is 5.73 Å². The minimum Gasteiger partial charge on any atom is -0.493 e. The van der Waals surface area contributed by atoms with E-state index in [-0.39, 0.29) is 12.5 Å². The van der Waals surface area contributed by atoms with Gasteiger partial charge in [-0.15, -0.1) is 0 Å². The van der Waals surface area contributed by atoms with Gasteiger partial charge in [0.1, 0.15) is 6.61 Å². The van der Waals surface area contributed by atoms with Crippen molar-refractivity contribution in [3.8, 4) is 11.5 Å². The molecule has 0 unspecified atom stereocenters. The van der Waals surface area contributed by atoms with Gasteiger partial charge in [0.05, 0.1) is 13.7 Å². The van der Waals surface area contributed by atoms with E-state index in [2.05, 4.69) is 15.5 Å². The molecule has 0 saturated heterocycles. The van der Waals surface area contributed by atoms with Crippen LogP contribution in [0.15, 0.2) is 22.7 Å². The van der Waals surface area contributed by atoms with E-state index in [1.165, 1.54) is 19.3 Å². The first kappa shape index (κ1) is 19.2. The van der Waals surface area contributed by atoms with E-state index in [1.807, 2.05) is 0 Å². The van der Waals surface area contributed by atoms with Crippen LogP contribution < -0.4 is 20.5 Å². The van der Waals surface area contributed by atoms with Crippen LogP contribution in [0.4, 0.5) is 0 Å². The lowest BCUT2D eigenvalue weighted by atomic mass is 9.89. The van der Waals surface area contributed by atoms with E-state index in [1.54, 1.807) is 25.3 Å². The number of hydrogen-bond acceptors (Lipinski definition) is 7. The molecule has 1 saturated carbocycles. The van der Waals surface area contributed by atoms with Gasteiger partial charge in [0.15, 0.2) is 17.3 Å². The molecule has 146 valence electrons. The zero-order chi connectivity index (χ0) is 19.1. The number of ether oxygens (including phenoxy) is 2. The molecule has 1 aromatic carbocycles. The first-order chi connectivity index (χ1) is 13.2. The third kappa shape index (κ3) is 4.97. The van der Waals surface area contributed by atoms with E-state index < -0.39 is 0 Å². The summed E-state index contributed by atoms with van der Waals surface area (Å²) < 4.78 is 16.0. The van der Waals surface area contributed by atoms with Crippen LogP contribution in [0.2, 0.25) is 0 Å². The van der Waals surface area contributed by atoms with Gasteiger partial charge in [0.25, 0.3) is 5.91 Å². The quantitative estimate of drug-likeness (QED) is 0.729. The summed E-state index contributed by atoms with van der Waals surface area (Å²) in [5.74, 6) is 2.31. The highest BCUT2D eigenvalue weighted by Gasteiger charge is 2.21. The molecule has 1 aliphatic carbocycles. The SMILES string of the molecule is COc1ccc(C(=O)NCc2nc(C3CCCCC3)no2)cc1OCCN. The molecule has 0 radical (unpaired) electrons. The Balaban J connectivity index is 1.59. The largest absolute Gasteiger partial charge is 0.493 e. The number of nitrogens with one attached hydrogen (secondary N) is 1. The molecule has 1 heterocycles. The fourth-order valence-corrected chi connectivity index (χ4v) is 3.22. The minimum atomic E-state index is -0.257. The summed E-state index contributed by atoms with van der Waals surface area (Å²) in [5.41, 5.74) is 5.92. The third-order valence-corrected chi connectivity index (χ3v) is 4.66. The number of nitrogens with two attached hydrogens (primary N) is 1. The predicted molar refractivity (Wildman–Crippen MR) is 98.8 cm³/mol. The summed E-state index contributed by atoms with van der Waals surface area (Å²) >= 11 is 0. The van der Waals surface area contributed by atoms with Crippen molar-refractivity contribution in [1.82, 2.24) is 15.5 Å². The van der Waals surface area contributed by atoms with Crippen LogP contribution in [0, 0.1) is 0 Å². The van der Waals surface area contributed by atoms with Crippen molar-refractivity contribution in [2.75, 3.05) is 20.3 Å². The van der Waals surface area contributed by atoms with Crippen molar-refractivity contribution in [3.63, 3.8) is 0 Å². The van der Waals surface area contributed by atoms with Crippen molar-refractivity contribution in [1.29, 1.82) is 0 Å². The number of aromatic nitrogens is 2. The van der Waals surface area contributed by atoms with Gasteiger partial charge in [0.2, 0.25) is 5.89 Å². The summed E-state index contributed by atoms with van der Waals surface area (Å²) in [6, 6.07) is 4.99. The van der Waals surface area contributed by atoms with E-state index in [0.29, 0.717) is 42.0 Å². The summed E-state index contributed by atoms with van der Waals surface area (Å²) in [6.45, 7) is 0.900. The van der Waals surface area contributed by atoms with Crippen LogP contribution >= 0.6 is 0 Å². The first-order valence-electron chi connectivity index (χ1n) is 9.33. The molecule has 2 aromatic rings. The molecule has 0 aliphatic heterocycles. The molecular formula is C19H26N4O4. The third-order valence-electron chi connectivity index (χ3n) is 4.66. The molecule has 27 heavy (non-hydrogen) atoms. The minimum absolute atomic E-state index is 0.184.